The van der Waals surface area contributed by atoms with Gasteiger partial charge in [-0.05, 0) is 36.3 Å². The number of carbonyl (C=O) groups is 1. The summed E-state index contributed by atoms with van der Waals surface area (Å²) in [6, 6.07) is 6.76. The van der Waals surface area contributed by atoms with Crippen LogP contribution < -0.4 is 5.32 Å². The standard InChI is InChI=1S/C17H26N2OSSi/c1-12(20)19-16-9-7-13-10-14(6-8-15(13)16)17(21-2)18-11-22(3,4)5/h6,8,10,16H,7,9,11H2,1-5H3,(H,19,20). The number of carbonyl (C=O) groups excluding carboxylic acids is 1. The largest absolute Gasteiger partial charge is 0.350 e. The van der Waals surface area contributed by atoms with Crippen molar-refractivity contribution >= 4 is 30.8 Å². The first-order valence-corrected chi connectivity index (χ1v) is 12.7. The summed E-state index contributed by atoms with van der Waals surface area (Å²) >= 11 is 1.72. The molecule has 1 atom stereocenters. The molecule has 0 spiro atoms. The Balaban J connectivity index is 2.22. The lowest BCUT2D eigenvalue weighted by atomic mass is 10.1. The van der Waals surface area contributed by atoms with Gasteiger partial charge >= 0.3 is 0 Å². The van der Waals surface area contributed by atoms with E-state index in [0.29, 0.717) is 0 Å². The fourth-order valence-electron chi connectivity index (χ4n) is 2.73. The number of nitrogens with zero attached hydrogens (tertiary/aromatic N) is 1. The highest BCUT2D eigenvalue weighted by molar-refractivity contribution is 8.13. The van der Waals surface area contributed by atoms with E-state index < -0.39 is 8.07 Å². The second kappa shape index (κ2) is 7.00. The number of amides is 1. The fraction of sp³-hybridized carbons (Fsp3) is 0.529. The van der Waals surface area contributed by atoms with Gasteiger partial charge < -0.3 is 5.32 Å². The van der Waals surface area contributed by atoms with Crippen molar-refractivity contribution < 1.29 is 4.79 Å². The molecular weight excluding hydrogens is 308 g/mol. The van der Waals surface area contributed by atoms with Crippen LogP contribution >= 0.6 is 11.8 Å². The number of hydrogen-bond acceptors (Lipinski definition) is 3. The van der Waals surface area contributed by atoms with Gasteiger partial charge in [-0.2, -0.15) is 0 Å². The van der Waals surface area contributed by atoms with Crippen LogP contribution in [0.4, 0.5) is 0 Å². The molecule has 1 aliphatic carbocycles. The Morgan fingerprint density at radius 2 is 2.14 bits per heavy atom. The lowest BCUT2D eigenvalue weighted by Gasteiger charge is -2.15. The van der Waals surface area contributed by atoms with Crippen molar-refractivity contribution in [1.29, 1.82) is 0 Å². The highest BCUT2D eigenvalue weighted by Gasteiger charge is 2.23. The summed E-state index contributed by atoms with van der Waals surface area (Å²) < 4.78 is 0. The predicted molar refractivity (Wildman–Crippen MR) is 99.6 cm³/mol. The van der Waals surface area contributed by atoms with E-state index in [4.69, 9.17) is 4.99 Å². The number of thioether (sulfide) groups is 1. The first kappa shape index (κ1) is 17.3. The van der Waals surface area contributed by atoms with Gasteiger partial charge in [0, 0.05) is 18.7 Å². The van der Waals surface area contributed by atoms with Crippen LogP contribution in [0.5, 0.6) is 0 Å². The number of fused-ring (bicyclic) bond motifs is 1. The van der Waals surface area contributed by atoms with E-state index in [1.54, 1.807) is 18.7 Å². The third-order valence-corrected chi connectivity index (χ3v) is 5.59. The highest BCUT2D eigenvalue weighted by Crippen LogP contribution is 2.32. The molecule has 22 heavy (non-hydrogen) atoms. The number of nitrogens with one attached hydrogen (secondary N) is 1. The van der Waals surface area contributed by atoms with Crippen LogP contribution in [0.1, 0.15) is 36.1 Å². The van der Waals surface area contributed by atoms with E-state index in [9.17, 15) is 4.79 Å². The predicted octanol–water partition coefficient (Wildman–Crippen LogP) is 3.80. The first-order chi connectivity index (χ1) is 10.3. The molecule has 0 fully saturated rings. The molecule has 1 aromatic carbocycles. The Labute approximate surface area is 139 Å². The Hall–Kier alpha value is -1.07. The van der Waals surface area contributed by atoms with Gasteiger partial charge in [0.15, 0.2) is 0 Å². The monoisotopic (exact) mass is 334 g/mol. The topological polar surface area (TPSA) is 41.5 Å². The Kier molecular flexibility index (Phi) is 5.50. The first-order valence-electron chi connectivity index (χ1n) is 7.79. The average molecular weight is 335 g/mol. The van der Waals surface area contributed by atoms with Crippen molar-refractivity contribution in [1.82, 2.24) is 5.32 Å². The zero-order valence-electron chi connectivity index (χ0n) is 14.2. The molecular formula is C17H26N2OSSi. The minimum Gasteiger partial charge on any atom is -0.350 e. The molecule has 0 saturated carbocycles. The third-order valence-electron chi connectivity index (χ3n) is 3.74. The summed E-state index contributed by atoms with van der Waals surface area (Å²) in [7, 11) is -1.17. The normalized spacial score (nSPS) is 18.2. The molecule has 0 saturated heterocycles. The molecule has 1 aromatic rings. The van der Waals surface area contributed by atoms with Gasteiger partial charge in [0.1, 0.15) is 0 Å². The Morgan fingerprint density at radius 3 is 2.73 bits per heavy atom. The summed E-state index contributed by atoms with van der Waals surface area (Å²) in [5, 5.41) is 4.17. The van der Waals surface area contributed by atoms with Gasteiger partial charge in [-0.3, -0.25) is 9.79 Å². The molecule has 1 amide bonds. The summed E-state index contributed by atoms with van der Waals surface area (Å²) in [6.45, 7) is 8.61. The summed E-state index contributed by atoms with van der Waals surface area (Å²) in [4.78, 5) is 16.1. The number of aliphatic imine (C=N–C) groups is 1. The second-order valence-electron chi connectivity index (χ2n) is 7.09. The average Bonchev–Trinajstić information content (AvgIpc) is 2.80. The number of aryl methyl sites for hydroxylation is 1. The van der Waals surface area contributed by atoms with Crippen molar-refractivity contribution in [3.8, 4) is 0 Å². The van der Waals surface area contributed by atoms with Gasteiger partial charge in [-0.1, -0.05) is 31.8 Å². The molecule has 3 nitrogen and oxygen atoms in total. The van der Waals surface area contributed by atoms with Crippen LogP contribution in [0, 0.1) is 0 Å². The van der Waals surface area contributed by atoms with Gasteiger partial charge in [-0.15, -0.1) is 11.8 Å². The SMILES string of the molecule is CSC(=NC[Si](C)(C)C)c1ccc2c(c1)CCC2NC(C)=O. The molecule has 120 valence electrons. The number of hydrogen-bond donors (Lipinski definition) is 1. The molecule has 2 rings (SSSR count). The molecule has 0 bridgehead atoms. The quantitative estimate of drug-likeness (QED) is 0.517. The van der Waals surface area contributed by atoms with Gasteiger partial charge in [-0.25, -0.2) is 0 Å². The minimum absolute atomic E-state index is 0.0448. The van der Waals surface area contributed by atoms with E-state index in [2.05, 4.69) is 49.4 Å². The number of rotatable bonds is 4. The van der Waals surface area contributed by atoms with E-state index in [1.165, 1.54) is 16.7 Å². The Morgan fingerprint density at radius 1 is 1.41 bits per heavy atom. The molecule has 5 heteroatoms. The third kappa shape index (κ3) is 4.46. The zero-order chi connectivity index (χ0) is 16.3. The van der Waals surface area contributed by atoms with Crippen molar-refractivity contribution in [2.24, 2.45) is 4.99 Å². The summed E-state index contributed by atoms with van der Waals surface area (Å²) in [6.07, 6.45) is 5.09. The van der Waals surface area contributed by atoms with Crippen molar-refractivity contribution in [2.75, 3.05) is 12.4 Å². The van der Waals surface area contributed by atoms with Crippen molar-refractivity contribution in [3.63, 3.8) is 0 Å². The summed E-state index contributed by atoms with van der Waals surface area (Å²) in [5.41, 5.74) is 3.84. The van der Waals surface area contributed by atoms with E-state index in [1.807, 2.05) is 0 Å². The van der Waals surface area contributed by atoms with Crippen molar-refractivity contribution in [2.45, 2.75) is 45.4 Å². The maximum atomic E-state index is 11.3. The van der Waals surface area contributed by atoms with Crippen molar-refractivity contribution in [3.05, 3.63) is 34.9 Å². The maximum absolute atomic E-state index is 11.3. The highest BCUT2D eigenvalue weighted by atomic mass is 32.2. The van der Waals surface area contributed by atoms with E-state index >= 15 is 0 Å². The van der Waals surface area contributed by atoms with Crippen LogP contribution in [0.2, 0.25) is 19.6 Å². The van der Waals surface area contributed by atoms with Crippen LogP contribution in [-0.2, 0) is 11.2 Å². The molecule has 0 radical (unpaired) electrons. The Bertz CT molecular complexity index is 593. The van der Waals surface area contributed by atoms with Crippen LogP contribution in [-0.4, -0.2) is 31.4 Å². The zero-order valence-corrected chi connectivity index (χ0v) is 16.0. The van der Waals surface area contributed by atoms with Gasteiger partial charge in [0.25, 0.3) is 0 Å². The van der Waals surface area contributed by atoms with E-state index in [-0.39, 0.29) is 11.9 Å². The lowest BCUT2D eigenvalue weighted by molar-refractivity contribution is -0.119. The fourth-order valence-corrected chi connectivity index (χ4v) is 4.03. The summed E-state index contributed by atoms with van der Waals surface area (Å²) in [5.74, 6) is 0.0448. The van der Waals surface area contributed by atoms with Crippen LogP contribution in [0.3, 0.4) is 0 Å². The van der Waals surface area contributed by atoms with Crippen LogP contribution in [0.15, 0.2) is 23.2 Å². The van der Waals surface area contributed by atoms with Gasteiger partial charge in [0.2, 0.25) is 5.91 Å². The maximum Gasteiger partial charge on any atom is 0.217 e. The van der Waals surface area contributed by atoms with E-state index in [0.717, 1.165) is 24.1 Å². The molecule has 0 aliphatic heterocycles. The van der Waals surface area contributed by atoms with Crippen LogP contribution in [0.25, 0.3) is 0 Å². The molecule has 0 aromatic heterocycles. The smallest absolute Gasteiger partial charge is 0.217 e. The van der Waals surface area contributed by atoms with Gasteiger partial charge in [0.05, 0.1) is 19.2 Å². The molecule has 1 aliphatic rings. The molecule has 1 N–H and O–H groups in total. The minimum atomic E-state index is -1.17. The molecule has 0 heterocycles. The number of benzene rings is 1. The lowest BCUT2D eigenvalue weighted by Crippen LogP contribution is -2.25. The molecule has 1 unspecified atom stereocenters. The second-order valence-corrected chi connectivity index (χ2v) is 13.3.